The van der Waals surface area contributed by atoms with Gasteiger partial charge in [-0.1, -0.05) is 63.2 Å². The van der Waals surface area contributed by atoms with Gasteiger partial charge < -0.3 is 30.5 Å². The van der Waals surface area contributed by atoms with Crippen LogP contribution in [-0.2, 0) is 32.1 Å². The number of hydrogen-bond donors (Lipinski definition) is 3. The van der Waals surface area contributed by atoms with Crippen molar-refractivity contribution in [1.82, 2.24) is 25.8 Å². The third-order valence-corrected chi connectivity index (χ3v) is 7.04. The van der Waals surface area contributed by atoms with Crippen LogP contribution in [-0.4, -0.2) is 72.3 Å². The highest BCUT2D eigenvalue weighted by Crippen LogP contribution is 2.22. The maximum absolute atomic E-state index is 13.7. The van der Waals surface area contributed by atoms with Crippen LogP contribution >= 0.6 is 0 Å². The van der Waals surface area contributed by atoms with E-state index in [4.69, 9.17) is 4.74 Å². The minimum absolute atomic E-state index is 0.229. The molecular formula is C31H41N5O5. The van der Waals surface area contributed by atoms with E-state index in [9.17, 15) is 19.2 Å². The quantitative estimate of drug-likeness (QED) is 0.386. The molecule has 0 saturated heterocycles. The molecule has 4 amide bonds. The Bertz CT molecular complexity index is 1240. The normalized spacial score (nSPS) is 16.6. The summed E-state index contributed by atoms with van der Waals surface area (Å²) in [6.07, 6.45) is 3.49. The number of rotatable bonds is 11. The fourth-order valence-electron chi connectivity index (χ4n) is 4.41. The molecule has 41 heavy (non-hydrogen) atoms. The molecule has 0 aromatic heterocycles. The number of carbonyl (C=O) groups excluding carboxylic acids is 4. The van der Waals surface area contributed by atoms with Gasteiger partial charge in [-0.15, -0.1) is 0 Å². The van der Waals surface area contributed by atoms with Gasteiger partial charge in [0.1, 0.15) is 17.8 Å². The molecule has 220 valence electrons. The summed E-state index contributed by atoms with van der Waals surface area (Å²) in [5.41, 5.74) is 1.22. The van der Waals surface area contributed by atoms with Crippen molar-refractivity contribution in [3.05, 3.63) is 78.1 Å². The van der Waals surface area contributed by atoms with Gasteiger partial charge in [-0.05, 0) is 42.6 Å². The average Bonchev–Trinajstić information content (AvgIpc) is 2.96. The topological polar surface area (TPSA) is 120 Å². The van der Waals surface area contributed by atoms with E-state index in [2.05, 4.69) is 16.0 Å². The Morgan fingerprint density at radius 3 is 2.20 bits per heavy atom. The summed E-state index contributed by atoms with van der Waals surface area (Å²) in [6, 6.07) is 14.8. The molecule has 3 N–H and O–H groups in total. The smallest absolute Gasteiger partial charge is 0.250 e. The minimum Gasteiger partial charge on any atom is -0.497 e. The summed E-state index contributed by atoms with van der Waals surface area (Å²) < 4.78 is 5.22. The van der Waals surface area contributed by atoms with Crippen molar-refractivity contribution in [3.8, 4) is 5.75 Å². The monoisotopic (exact) mass is 563 g/mol. The number of carbonyl (C=O) groups is 4. The lowest BCUT2D eigenvalue weighted by molar-refractivity contribution is -0.144. The van der Waals surface area contributed by atoms with E-state index >= 15 is 0 Å². The molecule has 2 aromatic rings. The van der Waals surface area contributed by atoms with Gasteiger partial charge in [0.15, 0.2) is 0 Å². The highest BCUT2D eigenvalue weighted by molar-refractivity contribution is 5.94. The van der Waals surface area contributed by atoms with E-state index < -0.39 is 35.4 Å². The minimum atomic E-state index is -0.864. The maximum Gasteiger partial charge on any atom is 0.250 e. The van der Waals surface area contributed by atoms with Crippen LogP contribution in [0.3, 0.4) is 0 Å². The zero-order valence-corrected chi connectivity index (χ0v) is 24.6. The predicted octanol–water partition coefficient (Wildman–Crippen LogP) is 2.20. The Morgan fingerprint density at radius 1 is 0.951 bits per heavy atom. The maximum atomic E-state index is 13.7. The second-order valence-electron chi connectivity index (χ2n) is 11.2. The van der Waals surface area contributed by atoms with E-state index in [1.807, 2.05) is 75.4 Å². The summed E-state index contributed by atoms with van der Waals surface area (Å²) in [5.74, 6) is -0.739. The van der Waals surface area contributed by atoms with E-state index in [0.29, 0.717) is 13.0 Å². The number of nitrogens with one attached hydrogen (secondary N) is 3. The number of nitrogens with zero attached hydrogens (tertiary/aromatic N) is 2. The van der Waals surface area contributed by atoms with Crippen molar-refractivity contribution in [3.63, 3.8) is 0 Å². The molecule has 0 radical (unpaired) electrons. The fourth-order valence-corrected chi connectivity index (χ4v) is 4.41. The Kier molecular flexibility index (Phi) is 10.7. The van der Waals surface area contributed by atoms with Crippen molar-refractivity contribution in [2.24, 2.45) is 5.41 Å². The zero-order chi connectivity index (χ0) is 30.2. The molecule has 1 heterocycles. The van der Waals surface area contributed by atoms with Crippen LogP contribution in [0.25, 0.3) is 0 Å². The van der Waals surface area contributed by atoms with E-state index in [-0.39, 0.29) is 18.4 Å². The van der Waals surface area contributed by atoms with Crippen molar-refractivity contribution in [2.75, 3.05) is 20.7 Å². The van der Waals surface area contributed by atoms with Crippen LogP contribution in [0.1, 0.15) is 38.8 Å². The Labute approximate surface area is 242 Å². The number of benzene rings is 2. The van der Waals surface area contributed by atoms with Crippen LogP contribution in [0.15, 0.2) is 67.0 Å². The van der Waals surface area contributed by atoms with Crippen molar-refractivity contribution < 1.29 is 23.9 Å². The molecule has 0 bridgehead atoms. The predicted molar refractivity (Wildman–Crippen MR) is 156 cm³/mol. The van der Waals surface area contributed by atoms with Crippen molar-refractivity contribution in [2.45, 2.75) is 58.8 Å². The zero-order valence-electron chi connectivity index (χ0n) is 24.6. The summed E-state index contributed by atoms with van der Waals surface area (Å²) in [7, 11) is 3.25. The molecule has 0 unspecified atom stereocenters. The summed E-state index contributed by atoms with van der Waals surface area (Å²) in [6.45, 7) is 7.21. The molecule has 0 spiro atoms. The molecule has 0 aliphatic carbocycles. The first-order chi connectivity index (χ1) is 19.4. The van der Waals surface area contributed by atoms with Gasteiger partial charge in [0.05, 0.1) is 26.2 Å². The lowest BCUT2D eigenvalue weighted by Crippen LogP contribution is -2.58. The van der Waals surface area contributed by atoms with Crippen LogP contribution in [0.5, 0.6) is 5.75 Å². The van der Waals surface area contributed by atoms with Gasteiger partial charge in [0, 0.05) is 18.8 Å². The molecule has 1 aliphatic rings. The molecule has 3 rings (SSSR count). The van der Waals surface area contributed by atoms with Crippen LogP contribution in [0.4, 0.5) is 0 Å². The first-order valence-corrected chi connectivity index (χ1v) is 13.7. The number of likely N-dealkylation sites (N-methyl/N-ethyl adjacent to an activating group) is 1. The SMILES string of the molecule is CN[C@@H](C)C(=O)N[C@H](C(=O)NCC(=O)N1C=CN(Cc2ccc(OC)cc2)C(=O)[C@@H]1Cc1ccccc1)C(C)(C)C. The third kappa shape index (κ3) is 8.40. The largest absolute Gasteiger partial charge is 0.497 e. The van der Waals surface area contributed by atoms with Crippen molar-refractivity contribution in [1.29, 1.82) is 0 Å². The summed E-state index contributed by atoms with van der Waals surface area (Å²) in [4.78, 5) is 55.7. The highest BCUT2D eigenvalue weighted by Gasteiger charge is 2.37. The Hall–Kier alpha value is -4.18. The summed E-state index contributed by atoms with van der Waals surface area (Å²) in [5, 5.41) is 8.30. The molecular weight excluding hydrogens is 522 g/mol. The standard InChI is InChI=1S/C31H41N5O5/c1-21(32-5)28(38)34-27(31(2,3)4)29(39)33-19-26(37)36-17-16-35(20-23-12-14-24(41-6)15-13-23)30(40)25(36)18-22-10-8-7-9-11-22/h7-17,21,25,27,32H,18-20H2,1-6H3,(H,33,39)(H,34,38)/t21-,25-,27+/m0/s1. The van der Waals surface area contributed by atoms with Gasteiger partial charge in [0.2, 0.25) is 23.6 Å². The van der Waals surface area contributed by atoms with Gasteiger partial charge in [0.25, 0.3) is 0 Å². The fraction of sp³-hybridized carbons (Fsp3) is 0.419. The van der Waals surface area contributed by atoms with Gasteiger partial charge in [-0.25, -0.2) is 0 Å². The molecule has 2 aromatic carbocycles. The van der Waals surface area contributed by atoms with E-state index in [0.717, 1.165) is 16.9 Å². The summed E-state index contributed by atoms with van der Waals surface area (Å²) >= 11 is 0. The molecule has 3 atom stereocenters. The third-order valence-electron chi connectivity index (χ3n) is 7.04. The Balaban J connectivity index is 1.77. The van der Waals surface area contributed by atoms with Gasteiger partial charge in [-0.3, -0.25) is 19.2 Å². The number of amides is 4. The number of ether oxygens (including phenoxy) is 1. The highest BCUT2D eigenvalue weighted by atomic mass is 16.5. The van der Waals surface area contributed by atoms with E-state index in [1.165, 1.54) is 4.90 Å². The molecule has 10 nitrogen and oxygen atoms in total. The second kappa shape index (κ2) is 13.9. The molecule has 1 aliphatic heterocycles. The molecule has 0 fully saturated rings. The second-order valence-corrected chi connectivity index (χ2v) is 11.2. The lowest BCUT2D eigenvalue weighted by Gasteiger charge is -2.36. The van der Waals surface area contributed by atoms with Crippen LogP contribution in [0, 0.1) is 5.41 Å². The van der Waals surface area contributed by atoms with Crippen LogP contribution < -0.4 is 20.7 Å². The van der Waals surface area contributed by atoms with Crippen molar-refractivity contribution >= 4 is 23.6 Å². The molecule has 10 heteroatoms. The van der Waals surface area contributed by atoms with Crippen LogP contribution in [0.2, 0.25) is 0 Å². The van der Waals surface area contributed by atoms with E-state index in [1.54, 1.807) is 38.4 Å². The first kappa shape index (κ1) is 31.3. The lowest BCUT2D eigenvalue weighted by atomic mass is 9.86. The average molecular weight is 564 g/mol. The Morgan fingerprint density at radius 2 is 1.61 bits per heavy atom. The molecule has 0 saturated carbocycles. The number of hydrogen-bond acceptors (Lipinski definition) is 6. The first-order valence-electron chi connectivity index (χ1n) is 13.7. The van der Waals surface area contributed by atoms with Gasteiger partial charge in [-0.2, -0.15) is 0 Å². The number of methoxy groups -OCH3 is 1. The van der Waals surface area contributed by atoms with Gasteiger partial charge >= 0.3 is 0 Å².